The van der Waals surface area contributed by atoms with E-state index in [0.717, 1.165) is 32.2 Å². The highest BCUT2D eigenvalue weighted by molar-refractivity contribution is 7.91. The van der Waals surface area contributed by atoms with Crippen molar-refractivity contribution in [1.29, 1.82) is 0 Å². The van der Waals surface area contributed by atoms with Gasteiger partial charge in [0.05, 0.1) is 5.25 Å². The number of hydrogen-bond acceptors (Lipinski definition) is 3. The third-order valence-electron chi connectivity index (χ3n) is 4.36. The molecule has 3 nitrogen and oxygen atoms in total. The molecule has 112 valence electrons. The van der Waals surface area contributed by atoms with E-state index in [2.05, 4.69) is 36.5 Å². The van der Waals surface area contributed by atoms with Gasteiger partial charge in [-0.3, -0.25) is 0 Å². The zero-order valence-electron chi connectivity index (χ0n) is 12.4. The Balaban J connectivity index is 1.77. The Kier molecular flexibility index (Phi) is 5.22. The lowest BCUT2D eigenvalue weighted by atomic mass is 9.94. The summed E-state index contributed by atoms with van der Waals surface area (Å²) in [6.45, 7) is 3.18. The smallest absolute Gasteiger partial charge is 0.150 e. The van der Waals surface area contributed by atoms with Gasteiger partial charge in [0.15, 0.2) is 0 Å². The van der Waals surface area contributed by atoms with E-state index in [1.807, 2.05) is 6.07 Å². The largest absolute Gasteiger partial charge is 0.313 e. The minimum atomic E-state index is -2.85. The molecule has 2 rings (SSSR count). The number of hydrogen-bond donors (Lipinski definition) is 1. The van der Waals surface area contributed by atoms with E-state index in [0.29, 0.717) is 12.0 Å². The summed E-state index contributed by atoms with van der Waals surface area (Å²) in [6, 6.07) is 11.0. The maximum absolute atomic E-state index is 11.5. The van der Waals surface area contributed by atoms with Crippen LogP contribution >= 0.6 is 0 Å². The van der Waals surface area contributed by atoms with Gasteiger partial charge in [-0.05, 0) is 37.2 Å². The molecule has 1 aliphatic carbocycles. The molecule has 1 aliphatic rings. The monoisotopic (exact) mass is 295 g/mol. The number of benzene rings is 1. The van der Waals surface area contributed by atoms with Gasteiger partial charge < -0.3 is 5.32 Å². The van der Waals surface area contributed by atoms with Gasteiger partial charge in [-0.2, -0.15) is 0 Å². The molecule has 1 atom stereocenters. The summed E-state index contributed by atoms with van der Waals surface area (Å²) in [7, 11) is -2.85. The highest BCUT2D eigenvalue weighted by atomic mass is 32.2. The second-order valence-corrected chi connectivity index (χ2v) is 8.35. The minimum Gasteiger partial charge on any atom is -0.313 e. The Hall–Kier alpha value is -0.870. The summed E-state index contributed by atoms with van der Waals surface area (Å²) in [5.41, 5.74) is 1.35. The summed E-state index contributed by atoms with van der Waals surface area (Å²) in [5, 5.41) is 3.48. The fourth-order valence-corrected chi connectivity index (χ4v) is 4.07. The lowest BCUT2D eigenvalue weighted by molar-refractivity contribution is 0.366. The minimum absolute atomic E-state index is 0.118. The highest BCUT2D eigenvalue weighted by Crippen LogP contribution is 2.24. The number of sulfone groups is 1. The van der Waals surface area contributed by atoms with Gasteiger partial charge in [-0.1, -0.05) is 37.3 Å². The molecule has 1 N–H and O–H groups in total. The Labute approximate surface area is 122 Å². The van der Waals surface area contributed by atoms with Crippen LogP contribution in [-0.2, 0) is 9.84 Å². The molecule has 0 aliphatic heterocycles. The molecular weight excluding hydrogens is 270 g/mol. The Morgan fingerprint density at radius 3 is 2.30 bits per heavy atom. The van der Waals surface area contributed by atoms with Gasteiger partial charge in [0.25, 0.3) is 0 Å². The summed E-state index contributed by atoms with van der Waals surface area (Å²) < 4.78 is 23.0. The van der Waals surface area contributed by atoms with E-state index in [1.54, 1.807) is 0 Å². The van der Waals surface area contributed by atoms with Crippen molar-refractivity contribution in [3.05, 3.63) is 35.9 Å². The molecule has 1 aromatic carbocycles. The molecule has 0 saturated heterocycles. The summed E-state index contributed by atoms with van der Waals surface area (Å²) in [6.07, 6.45) is 4.91. The standard InChI is InChI=1S/C16H25NO2S/c1-13(14-6-4-3-5-7-14)12-17-15-8-10-16(11-9-15)20(2,18)19/h3-7,13,15-17H,8-12H2,1-2H3. The molecular formula is C16H25NO2S. The van der Waals surface area contributed by atoms with E-state index in [-0.39, 0.29) is 5.25 Å². The van der Waals surface area contributed by atoms with Crippen molar-refractivity contribution in [2.75, 3.05) is 12.8 Å². The molecule has 0 aromatic heterocycles. The second-order valence-electron chi connectivity index (χ2n) is 6.02. The molecule has 20 heavy (non-hydrogen) atoms. The van der Waals surface area contributed by atoms with Crippen molar-refractivity contribution in [1.82, 2.24) is 5.32 Å². The predicted molar refractivity (Wildman–Crippen MR) is 83.7 cm³/mol. The van der Waals surface area contributed by atoms with Crippen LogP contribution in [0.25, 0.3) is 0 Å². The third kappa shape index (κ3) is 4.32. The zero-order valence-corrected chi connectivity index (χ0v) is 13.2. The van der Waals surface area contributed by atoms with E-state index in [4.69, 9.17) is 0 Å². The first kappa shape index (κ1) is 15.5. The molecule has 1 aromatic rings. The van der Waals surface area contributed by atoms with E-state index < -0.39 is 9.84 Å². The summed E-state index contributed by atoms with van der Waals surface area (Å²) >= 11 is 0. The SMILES string of the molecule is CC(CNC1CCC(S(C)(=O)=O)CC1)c1ccccc1. The van der Waals surface area contributed by atoms with Crippen LogP contribution in [0.4, 0.5) is 0 Å². The predicted octanol–water partition coefficient (Wildman–Crippen LogP) is 2.74. The number of rotatable bonds is 5. The molecule has 1 fully saturated rings. The molecule has 0 amide bonds. The molecule has 1 unspecified atom stereocenters. The van der Waals surface area contributed by atoms with E-state index in [9.17, 15) is 8.42 Å². The Morgan fingerprint density at radius 1 is 1.15 bits per heavy atom. The van der Waals surface area contributed by atoms with Gasteiger partial charge in [-0.15, -0.1) is 0 Å². The summed E-state index contributed by atoms with van der Waals surface area (Å²) in [5.74, 6) is 0.490. The molecule has 4 heteroatoms. The molecule has 0 spiro atoms. The second kappa shape index (κ2) is 6.72. The third-order valence-corrected chi connectivity index (χ3v) is 6.04. The average molecular weight is 295 g/mol. The van der Waals surface area contributed by atoms with Gasteiger partial charge >= 0.3 is 0 Å². The molecule has 0 bridgehead atoms. The Morgan fingerprint density at radius 2 is 1.75 bits per heavy atom. The average Bonchev–Trinajstić information content (AvgIpc) is 2.45. The lowest BCUT2D eigenvalue weighted by Crippen LogP contribution is -2.38. The first-order chi connectivity index (χ1) is 9.47. The van der Waals surface area contributed by atoms with E-state index >= 15 is 0 Å². The van der Waals surface area contributed by atoms with Crippen molar-refractivity contribution < 1.29 is 8.42 Å². The first-order valence-electron chi connectivity index (χ1n) is 7.44. The quantitative estimate of drug-likeness (QED) is 0.908. The maximum atomic E-state index is 11.5. The van der Waals surface area contributed by atoms with Crippen LogP contribution in [0.3, 0.4) is 0 Å². The fourth-order valence-electron chi connectivity index (χ4n) is 2.94. The maximum Gasteiger partial charge on any atom is 0.150 e. The first-order valence-corrected chi connectivity index (χ1v) is 9.39. The van der Waals surface area contributed by atoms with E-state index in [1.165, 1.54) is 11.8 Å². The molecule has 0 radical (unpaired) electrons. The fraction of sp³-hybridized carbons (Fsp3) is 0.625. The molecule has 0 heterocycles. The van der Waals surface area contributed by atoms with Crippen molar-refractivity contribution >= 4 is 9.84 Å². The lowest BCUT2D eigenvalue weighted by Gasteiger charge is -2.29. The van der Waals surface area contributed by atoms with Crippen molar-refractivity contribution in [3.63, 3.8) is 0 Å². The van der Waals surface area contributed by atoms with Crippen LogP contribution < -0.4 is 5.32 Å². The van der Waals surface area contributed by atoms with Gasteiger partial charge in [0, 0.05) is 18.8 Å². The van der Waals surface area contributed by atoms with Gasteiger partial charge in [0.1, 0.15) is 9.84 Å². The van der Waals surface area contributed by atoms with Crippen molar-refractivity contribution in [2.24, 2.45) is 0 Å². The van der Waals surface area contributed by atoms with Crippen molar-refractivity contribution in [2.45, 2.75) is 49.8 Å². The normalized spacial score (nSPS) is 25.3. The zero-order chi connectivity index (χ0) is 14.6. The van der Waals surface area contributed by atoms with Crippen LogP contribution in [0, 0.1) is 0 Å². The van der Waals surface area contributed by atoms with Crippen LogP contribution in [0.5, 0.6) is 0 Å². The van der Waals surface area contributed by atoms with Gasteiger partial charge in [0.2, 0.25) is 0 Å². The van der Waals surface area contributed by atoms with Crippen molar-refractivity contribution in [3.8, 4) is 0 Å². The van der Waals surface area contributed by atoms with Crippen LogP contribution in [0.15, 0.2) is 30.3 Å². The molecule has 1 saturated carbocycles. The van der Waals surface area contributed by atoms with Gasteiger partial charge in [-0.25, -0.2) is 8.42 Å². The Bertz CT molecular complexity index is 505. The highest BCUT2D eigenvalue weighted by Gasteiger charge is 2.27. The topological polar surface area (TPSA) is 46.2 Å². The van der Waals surface area contributed by atoms with Crippen LogP contribution in [0.2, 0.25) is 0 Å². The van der Waals surface area contributed by atoms with Crippen LogP contribution in [-0.4, -0.2) is 32.5 Å². The summed E-state index contributed by atoms with van der Waals surface area (Å²) in [4.78, 5) is 0. The van der Waals surface area contributed by atoms with Crippen LogP contribution in [0.1, 0.15) is 44.1 Å². The number of nitrogens with one attached hydrogen (secondary N) is 1.